The molecule has 0 bridgehead atoms. The van der Waals surface area contributed by atoms with E-state index in [1.54, 1.807) is 60.9 Å². The van der Waals surface area contributed by atoms with Gasteiger partial charge in [0.25, 0.3) is 0 Å². The van der Waals surface area contributed by atoms with Crippen molar-refractivity contribution in [1.29, 1.82) is 0 Å². The van der Waals surface area contributed by atoms with Gasteiger partial charge in [-0.3, -0.25) is 10.4 Å². The largest absolute Gasteiger partial charge is 0.478 e. The average Bonchev–Trinajstić information content (AvgIpc) is 2.70. The van der Waals surface area contributed by atoms with Gasteiger partial charge in [-0.05, 0) is 66.2 Å². The van der Waals surface area contributed by atoms with E-state index in [1.165, 1.54) is 18.3 Å². The molecule has 7 heteroatoms. The molecule has 0 radical (unpaired) electrons. The number of esters is 1. The molecule has 7 nitrogen and oxygen atoms in total. The van der Waals surface area contributed by atoms with Gasteiger partial charge in [0, 0.05) is 12.4 Å². The minimum absolute atomic E-state index is 0.209. The number of aromatic nitrogens is 1. The molecule has 0 aliphatic rings. The van der Waals surface area contributed by atoms with Crippen molar-refractivity contribution in [2.24, 2.45) is 5.10 Å². The number of aromatic carboxylic acids is 1. The summed E-state index contributed by atoms with van der Waals surface area (Å²) in [7, 11) is 0. The monoisotopic (exact) mass is 361 g/mol. The van der Waals surface area contributed by atoms with Crippen molar-refractivity contribution >= 4 is 23.8 Å². The van der Waals surface area contributed by atoms with Gasteiger partial charge in [0.2, 0.25) is 0 Å². The van der Waals surface area contributed by atoms with Crippen LogP contribution in [0.4, 0.5) is 5.69 Å². The highest BCUT2D eigenvalue weighted by Gasteiger charge is 2.07. The molecule has 0 amide bonds. The fourth-order valence-corrected chi connectivity index (χ4v) is 2.14. The summed E-state index contributed by atoms with van der Waals surface area (Å²) in [5.74, 6) is -1.04. The number of nitrogens with zero attached hydrogens (tertiary/aromatic N) is 2. The predicted molar refractivity (Wildman–Crippen MR) is 100 cm³/mol. The Bertz CT molecular complexity index is 953. The Morgan fingerprint density at radius 1 is 1.00 bits per heavy atom. The van der Waals surface area contributed by atoms with Crippen molar-refractivity contribution in [2.45, 2.75) is 0 Å². The molecule has 1 aromatic heterocycles. The molecule has 27 heavy (non-hydrogen) atoms. The molecule has 3 aromatic rings. The molecule has 1 heterocycles. The van der Waals surface area contributed by atoms with Gasteiger partial charge in [0.05, 0.1) is 23.0 Å². The topological polar surface area (TPSA) is 101 Å². The molecular weight excluding hydrogens is 346 g/mol. The Kier molecular flexibility index (Phi) is 5.54. The van der Waals surface area contributed by atoms with Crippen LogP contribution in [-0.2, 0) is 0 Å². The number of anilines is 1. The van der Waals surface area contributed by atoms with Gasteiger partial charge in [0.1, 0.15) is 5.75 Å². The van der Waals surface area contributed by atoms with Crippen molar-refractivity contribution in [3.8, 4) is 5.75 Å². The molecule has 134 valence electrons. The number of ether oxygens (including phenoxy) is 1. The second-order valence-electron chi connectivity index (χ2n) is 5.45. The fourth-order valence-electron chi connectivity index (χ4n) is 2.14. The first-order valence-electron chi connectivity index (χ1n) is 7.96. The number of carboxylic acids is 1. The van der Waals surface area contributed by atoms with Crippen LogP contribution in [0.1, 0.15) is 26.3 Å². The molecule has 0 aliphatic carbocycles. The minimum atomic E-state index is -0.977. The van der Waals surface area contributed by atoms with Crippen LogP contribution < -0.4 is 10.2 Å². The average molecular weight is 361 g/mol. The number of pyridine rings is 1. The third kappa shape index (κ3) is 4.99. The number of hydrogen-bond donors (Lipinski definition) is 2. The lowest BCUT2D eigenvalue weighted by Crippen LogP contribution is -2.08. The second kappa shape index (κ2) is 8.39. The molecule has 0 unspecified atom stereocenters. The summed E-state index contributed by atoms with van der Waals surface area (Å²) in [6.07, 6.45) is 4.62. The standard InChI is InChI=1S/C20H15N3O4/c24-19(25)15-5-7-17(8-6-15)23-22-12-14-3-9-18(10-4-14)27-20(26)16-2-1-11-21-13-16/h1-13,23H,(H,24,25)/b22-12-. The molecule has 0 atom stereocenters. The third-order valence-electron chi connectivity index (χ3n) is 3.53. The zero-order valence-electron chi connectivity index (χ0n) is 14.1. The molecule has 2 N–H and O–H groups in total. The zero-order chi connectivity index (χ0) is 19.1. The lowest BCUT2D eigenvalue weighted by Gasteiger charge is -2.04. The van der Waals surface area contributed by atoms with E-state index in [0.29, 0.717) is 17.0 Å². The number of rotatable bonds is 6. The van der Waals surface area contributed by atoms with E-state index in [0.717, 1.165) is 5.56 Å². The van der Waals surface area contributed by atoms with Crippen LogP contribution >= 0.6 is 0 Å². The van der Waals surface area contributed by atoms with Crippen LogP contribution in [0.5, 0.6) is 5.75 Å². The Labute approximate surface area is 155 Å². The van der Waals surface area contributed by atoms with Crippen LogP contribution in [-0.4, -0.2) is 28.2 Å². The highest BCUT2D eigenvalue weighted by atomic mass is 16.5. The van der Waals surface area contributed by atoms with Crippen molar-refractivity contribution in [1.82, 2.24) is 4.98 Å². The first kappa shape index (κ1) is 17.8. The van der Waals surface area contributed by atoms with Crippen LogP contribution in [0.15, 0.2) is 78.2 Å². The highest BCUT2D eigenvalue weighted by molar-refractivity contribution is 5.91. The highest BCUT2D eigenvalue weighted by Crippen LogP contribution is 2.14. The number of carbonyl (C=O) groups is 2. The van der Waals surface area contributed by atoms with Gasteiger partial charge in [-0.1, -0.05) is 0 Å². The maximum atomic E-state index is 12.0. The van der Waals surface area contributed by atoms with E-state index in [-0.39, 0.29) is 5.56 Å². The molecular formula is C20H15N3O4. The molecule has 0 saturated carbocycles. The second-order valence-corrected chi connectivity index (χ2v) is 5.45. The summed E-state index contributed by atoms with van der Waals surface area (Å²) in [5, 5.41) is 12.9. The zero-order valence-corrected chi connectivity index (χ0v) is 14.1. The molecule has 3 rings (SSSR count). The van der Waals surface area contributed by atoms with E-state index in [2.05, 4.69) is 15.5 Å². The number of nitrogens with one attached hydrogen (secondary N) is 1. The number of carboxylic acid groups (broad SMARTS) is 1. The number of benzene rings is 2. The minimum Gasteiger partial charge on any atom is -0.478 e. The fraction of sp³-hybridized carbons (Fsp3) is 0. The number of hydrazone groups is 1. The van der Waals surface area contributed by atoms with Gasteiger partial charge in [-0.2, -0.15) is 5.10 Å². The molecule has 0 fully saturated rings. The first-order valence-corrected chi connectivity index (χ1v) is 7.96. The maximum Gasteiger partial charge on any atom is 0.345 e. The maximum absolute atomic E-state index is 12.0. The normalized spacial score (nSPS) is 10.5. The Morgan fingerprint density at radius 3 is 2.37 bits per heavy atom. The lowest BCUT2D eigenvalue weighted by atomic mass is 10.2. The Hall–Kier alpha value is -4.00. The van der Waals surface area contributed by atoms with Gasteiger partial charge >= 0.3 is 11.9 Å². The van der Waals surface area contributed by atoms with Gasteiger partial charge in [-0.25, -0.2) is 9.59 Å². The van der Waals surface area contributed by atoms with E-state index in [4.69, 9.17) is 9.84 Å². The summed E-state index contributed by atoms with van der Waals surface area (Å²) >= 11 is 0. The third-order valence-corrected chi connectivity index (χ3v) is 3.53. The summed E-state index contributed by atoms with van der Waals surface area (Å²) in [4.78, 5) is 26.6. The van der Waals surface area contributed by atoms with E-state index in [9.17, 15) is 9.59 Å². The van der Waals surface area contributed by atoms with Gasteiger partial charge < -0.3 is 9.84 Å². The van der Waals surface area contributed by atoms with E-state index in [1.807, 2.05) is 0 Å². The van der Waals surface area contributed by atoms with Gasteiger partial charge in [0.15, 0.2) is 0 Å². The van der Waals surface area contributed by atoms with E-state index >= 15 is 0 Å². The SMILES string of the molecule is O=C(O)c1ccc(N/N=C\c2ccc(OC(=O)c3cccnc3)cc2)cc1. The summed E-state index contributed by atoms with van der Waals surface area (Å²) in [6, 6.07) is 16.4. The van der Waals surface area contributed by atoms with Crippen LogP contribution in [0.3, 0.4) is 0 Å². The Balaban J connectivity index is 1.56. The molecule has 0 aliphatic heterocycles. The smallest absolute Gasteiger partial charge is 0.345 e. The van der Waals surface area contributed by atoms with Gasteiger partial charge in [-0.15, -0.1) is 0 Å². The number of carbonyl (C=O) groups excluding carboxylic acids is 1. The summed E-state index contributed by atoms with van der Waals surface area (Å²) in [5.41, 5.74) is 4.86. The quantitative estimate of drug-likeness (QED) is 0.302. The van der Waals surface area contributed by atoms with E-state index < -0.39 is 11.9 Å². The molecule has 0 saturated heterocycles. The number of hydrogen-bond acceptors (Lipinski definition) is 6. The lowest BCUT2D eigenvalue weighted by molar-refractivity contribution is 0.0694. The van der Waals surface area contributed by atoms with Crippen LogP contribution in [0.2, 0.25) is 0 Å². The predicted octanol–water partition coefficient (Wildman–Crippen LogP) is 3.45. The van der Waals surface area contributed by atoms with Crippen molar-refractivity contribution < 1.29 is 19.4 Å². The van der Waals surface area contributed by atoms with Crippen molar-refractivity contribution in [3.05, 3.63) is 89.7 Å². The van der Waals surface area contributed by atoms with Crippen molar-refractivity contribution in [3.63, 3.8) is 0 Å². The Morgan fingerprint density at radius 2 is 1.74 bits per heavy atom. The van der Waals surface area contributed by atoms with Crippen molar-refractivity contribution in [2.75, 3.05) is 5.43 Å². The van der Waals surface area contributed by atoms with Crippen LogP contribution in [0.25, 0.3) is 0 Å². The van der Waals surface area contributed by atoms with Crippen LogP contribution in [0, 0.1) is 0 Å². The summed E-state index contributed by atoms with van der Waals surface area (Å²) in [6.45, 7) is 0. The molecule has 2 aromatic carbocycles. The first-order chi connectivity index (χ1) is 13.1. The summed E-state index contributed by atoms with van der Waals surface area (Å²) < 4.78 is 5.27. The molecule has 0 spiro atoms.